The number of nitrogen functional groups attached to an aromatic ring is 1. The predicted molar refractivity (Wildman–Crippen MR) is 73.8 cm³/mol. The second-order valence-electron chi connectivity index (χ2n) is 4.77. The van der Waals surface area contributed by atoms with Gasteiger partial charge in [0.05, 0.1) is 18.5 Å². The van der Waals surface area contributed by atoms with E-state index < -0.39 is 0 Å². The van der Waals surface area contributed by atoms with E-state index in [0.29, 0.717) is 11.9 Å². The Morgan fingerprint density at radius 2 is 2.06 bits per heavy atom. The van der Waals surface area contributed by atoms with Gasteiger partial charge in [0.1, 0.15) is 5.82 Å². The van der Waals surface area contributed by atoms with Gasteiger partial charge in [-0.2, -0.15) is 0 Å². The molecule has 0 spiro atoms. The van der Waals surface area contributed by atoms with Crippen molar-refractivity contribution in [3.63, 3.8) is 0 Å². The highest BCUT2D eigenvalue weighted by molar-refractivity contribution is 5.48. The van der Waals surface area contributed by atoms with Crippen LogP contribution in [-0.2, 0) is 4.74 Å². The van der Waals surface area contributed by atoms with Crippen LogP contribution < -0.4 is 10.6 Å². The van der Waals surface area contributed by atoms with E-state index in [9.17, 15) is 0 Å². The van der Waals surface area contributed by atoms with Crippen LogP contribution in [0.1, 0.15) is 6.92 Å². The van der Waals surface area contributed by atoms with Crippen molar-refractivity contribution in [3.8, 4) is 0 Å². The minimum Gasteiger partial charge on any atom is -0.384 e. The van der Waals surface area contributed by atoms with Crippen molar-refractivity contribution in [2.75, 3.05) is 50.5 Å². The fraction of sp³-hybridized carbons (Fsp3) is 0.615. The molecule has 1 aliphatic rings. The lowest BCUT2D eigenvalue weighted by molar-refractivity contribution is 0.0953. The summed E-state index contributed by atoms with van der Waals surface area (Å²) in [6.07, 6.45) is 1.85. The molecule has 0 bridgehead atoms. The molecule has 5 nitrogen and oxygen atoms in total. The molecule has 1 aromatic rings. The normalized spacial score (nSPS) is 18.9. The summed E-state index contributed by atoms with van der Waals surface area (Å²) in [6, 6.07) is 4.38. The topological polar surface area (TPSA) is 54.6 Å². The first kappa shape index (κ1) is 13.1. The Bertz CT molecular complexity index is 360. The lowest BCUT2D eigenvalue weighted by Gasteiger charge is -2.38. The third-order valence-electron chi connectivity index (χ3n) is 3.48. The summed E-state index contributed by atoms with van der Waals surface area (Å²) < 4.78 is 5.20. The summed E-state index contributed by atoms with van der Waals surface area (Å²) >= 11 is 0. The average Bonchev–Trinajstić information content (AvgIpc) is 2.40. The molecule has 0 saturated carbocycles. The number of hydrogen-bond acceptors (Lipinski definition) is 5. The van der Waals surface area contributed by atoms with Crippen LogP contribution in [0.3, 0.4) is 0 Å². The molecule has 1 saturated heterocycles. The number of anilines is 2. The van der Waals surface area contributed by atoms with Crippen LogP contribution in [0.2, 0.25) is 0 Å². The fourth-order valence-electron chi connectivity index (χ4n) is 2.35. The van der Waals surface area contributed by atoms with Crippen LogP contribution in [0.15, 0.2) is 18.3 Å². The van der Waals surface area contributed by atoms with E-state index in [1.165, 1.54) is 0 Å². The van der Waals surface area contributed by atoms with Gasteiger partial charge < -0.3 is 15.4 Å². The number of piperazine rings is 1. The Morgan fingerprint density at radius 1 is 1.33 bits per heavy atom. The third-order valence-corrected chi connectivity index (χ3v) is 3.48. The Balaban J connectivity index is 1.88. The highest BCUT2D eigenvalue weighted by atomic mass is 16.5. The molecule has 2 rings (SSSR count). The zero-order valence-corrected chi connectivity index (χ0v) is 11.2. The molecule has 5 heteroatoms. The van der Waals surface area contributed by atoms with E-state index in [1.807, 2.05) is 18.3 Å². The van der Waals surface area contributed by atoms with Gasteiger partial charge >= 0.3 is 0 Å². The van der Waals surface area contributed by atoms with Crippen LogP contribution in [0.4, 0.5) is 11.5 Å². The second kappa shape index (κ2) is 6.02. The van der Waals surface area contributed by atoms with Crippen LogP contribution in [0.25, 0.3) is 0 Å². The van der Waals surface area contributed by atoms with Gasteiger partial charge in [-0.1, -0.05) is 0 Å². The van der Waals surface area contributed by atoms with Crippen LogP contribution in [0.5, 0.6) is 0 Å². The summed E-state index contributed by atoms with van der Waals surface area (Å²) in [4.78, 5) is 8.95. The van der Waals surface area contributed by atoms with Crippen LogP contribution in [-0.4, -0.2) is 55.8 Å². The molecule has 1 unspecified atom stereocenters. The average molecular weight is 250 g/mol. The van der Waals surface area contributed by atoms with Gasteiger partial charge in [0.2, 0.25) is 0 Å². The molecule has 100 valence electrons. The summed E-state index contributed by atoms with van der Waals surface area (Å²) in [7, 11) is 1.76. The maximum absolute atomic E-state index is 5.60. The van der Waals surface area contributed by atoms with E-state index in [2.05, 4.69) is 21.7 Å². The number of nitrogens with two attached hydrogens (primary N) is 1. The maximum atomic E-state index is 5.60. The molecule has 1 aromatic heterocycles. The van der Waals surface area contributed by atoms with Crippen LogP contribution in [0, 0.1) is 0 Å². The molecular formula is C13H22N4O. The second-order valence-corrected chi connectivity index (χ2v) is 4.77. The minimum atomic E-state index is 0.488. The van der Waals surface area contributed by atoms with Gasteiger partial charge in [-0.05, 0) is 19.1 Å². The third kappa shape index (κ3) is 3.11. The minimum absolute atomic E-state index is 0.488. The number of rotatable bonds is 4. The van der Waals surface area contributed by atoms with Crippen molar-refractivity contribution in [1.82, 2.24) is 9.88 Å². The number of methoxy groups -OCH3 is 1. The maximum Gasteiger partial charge on any atom is 0.123 e. The zero-order valence-electron chi connectivity index (χ0n) is 11.2. The number of aromatic nitrogens is 1. The molecule has 2 N–H and O–H groups in total. The smallest absolute Gasteiger partial charge is 0.123 e. The molecule has 0 aliphatic carbocycles. The predicted octanol–water partition coefficient (Wildman–Crippen LogP) is 0.821. The van der Waals surface area contributed by atoms with E-state index >= 15 is 0 Å². The van der Waals surface area contributed by atoms with Gasteiger partial charge in [-0.15, -0.1) is 0 Å². The number of nitrogens with zero attached hydrogens (tertiary/aromatic N) is 3. The first-order valence-electron chi connectivity index (χ1n) is 6.40. The standard InChI is InChI=1S/C13H22N4O/c1-11(10-18-2)16-5-7-17(8-6-16)12-3-4-13(14)15-9-12/h3-4,9,11H,5-8,10H2,1-2H3,(H2,14,15). The Labute approximate surface area is 109 Å². The van der Waals surface area contributed by atoms with Crippen molar-refractivity contribution >= 4 is 11.5 Å². The number of hydrogen-bond donors (Lipinski definition) is 1. The monoisotopic (exact) mass is 250 g/mol. The van der Waals surface area contributed by atoms with Crippen molar-refractivity contribution in [2.24, 2.45) is 0 Å². The van der Waals surface area contributed by atoms with Crippen molar-refractivity contribution in [1.29, 1.82) is 0 Å². The highest BCUT2D eigenvalue weighted by Gasteiger charge is 2.21. The summed E-state index contributed by atoms with van der Waals surface area (Å²) in [6.45, 7) is 7.19. The molecule has 0 aromatic carbocycles. The highest BCUT2D eigenvalue weighted by Crippen LogP contribution is 2.17. The van der Waals surface area contributed by atoms with Gasteiger partial charge in [-0.3, -0.25) is 4.90 Å². The molecule has 0 radical (unpaired) electrons. The Morgan fingerprint density at radius 3 is 2.61 bits per heavy atom. The number of pyridine rings is 1. The van der Waals surface area contributed by atoms with E-state index in [1.54, 1.807) is 7.11 Å². The van der Waals surface area contributed by atoms with Gasteiger partial charge in [0, 0.05) is 39.3 Å². The first-order valence-corrected chi connectivity index (χ1v) is 6.40. The summed E-state index contributed by atoms with van der Waals surface area (Å²) in [5, 5.41) is 0. The largest absolute Gasteiger partial charge is 0.384 e. The molecule has 18 heavy (non-hydrogen) atoms. The molecule has 2 heterocycles. The Kier molecular flexibility index (Phi) is 4.38. The lowest BCUT2D eigenvalue weighted by atomic mass is 10.2. The molecule has 1 atom stereocenters. The quantitative estimate of drug-likeness (QED) is 0.857. The summed E-state index contributed by atoms with van der Waals surface area (Å²) in [5.74, 6) is 0.575. The summed E-state index contributed by atoms with van der Waals surface area (Å²) in [5.41, 5.74) is 6.76. The van der Waals surface area contributed by atoms with Gasteiger partial charge in [0.15, 0.2) is 0 Å². The molecule has 1 aliphatic heterocycles. The number of ether oxygens (including phenoxy) is 1. The van der Waals surface area contributed by atoms with Crippen molar-refractivity contribution in [3.05, 3.63) is 18.3 Å². The fourth-order valence-corrected chi connectivity index (χ4v) is 2.35. The molecular weight excluding hydrogens is 228 g/mol. The van der Waals surface area contributed by atoms with Gasteiger partial charge in [0.25, 0.3) is 0 Å². The lowest BCUT2D eigenvalue weighted by Crippen LogP contribution is -2.50. The molecule has 0 amide bonds. The SMILES string of the molecule is COCC(C)N1CCN(c2ccc(N)nc2)CC1. The van der Waals surface area contributed by atoms with Crippen LogP contribution >= 0.6 is 0 Å². The Hall–Kier alpha value is -1.33. The van der Waals surface area contributed by atoms with Crippen molar-refractivity contribution in [2.45, 2.75) is 13.0 Å². The van der Waals surface area contributed by atoms with E-state index in [4.69, 9.17) is 10.5 Å². The van der Waals surface area contributed by atoms with E-state index in [-0.39, 0.29) is 0 Å². The molecule has 1 fully saturated rings. The zero-order chi connectivity index (χ0) is 13.0. The van der Waals surface area contributed by atoms with E-state index in [0.717, 1.165) is 38.5 Å². The van der Waals surface area contributed by atoms with Crippen molar-refractivity contribution < 1.29 is 4.74 Å². The van der Waals surface area contributed by atoms with Gasteiger partial charge in [-0.25, -0.2) is 4.98 Å². The first-order chi connectivity index (χ1) is 8.70.